The third kappa shape index (κ3) is 12.8. The molecule has 5 aromatic rings. The molecule has 2 fully saturated rings. The van der Waals surface area contributed by atoms with E-state index in [0.717, 1.165) is 19.4 Å². The van der Waals surface area contributed by atoms with Crippen molar-refractivity contribution in [2.24, 2.45) is 0 Å². The number of ether oxygens (including phenoxy) is 6. The third-order valence-corrected chi connectivity index (χ3v) is 20.0. The summed E-state index contributed by atoms with van der Waals surface area (Å²) in [4.78, 5) is 65.4. The summed E-state index contributed by atoms with van der Waals surface area (Å²) in [6, 6.07) is 35.0. The fraction of sp³-hybridized carbons (Fsp3) is 0.375. The van der Waals surface area contributed by atoms with Gasteiger partial charge in [0.05, 0.1) is 17.9 Å². The Bertz CT molecular complexity index is 2930. The predicted molar refractivity (Wildman–Crippen MR) is 275 cm³/mol. The summed E-state index contributed by atoms with van der Waals surface area (Å²) < 4.78 is 86.4. The van der Waals surface area contributed by atoms with Gasteiger partial charge in [0.2, 0.25) is 5.91 Å². The predicted octanol–water partition coefficient (Wildman–Crippen LogP) is 9.50. The number of β-lactam (4-membered cyclic amide) rings is 1. The van der Waals surface area contributed by atoms with E-state index in [-0.39, 0.29) is 18.3 Å². The van der Waals surface area contributed by atoms with E-state index in [1.54, 1.807) is 72.8 Å². The zero-order valence-corrected chi connectivity index (χ0v) is 44.6. The van der Waals surface area contributed by atoms with Crippen molar-refractivity contribution in [1.29, 1.82) is 0 Å². The van der Waals surface area contributed by atoms with Crippen LogP contribution in [0.1, 0.15) is 89.0 Å². The van der Waals surface area contributed by atoms with Crippen molar-refractivity contribution in [1.82, 2.24) is 0 Å². The first-order valence-corrected chi connectivity index (χ1v) is 28.8. The van der Waals surface area contributed by atoms with Gasteiger partial charge in [0, 0.05) is 38.9 Å². The molecule has 2 aliphatic heterocycles. The van der Waals surface area contributed by atoms with Gasteiger partial charge in [-0.3, -0.25) is 24.0 Å². The number of rotatable bonds is 18. The van der Waals surface area contributed by atoms with Crippen LogP contribution in [0.25, 0.3) is 11.1 Å². The second-order valence-electron chi connectivity index (χ2n) is 19.9. The standard InChI is InChI=1S/C56H62FNO14SSi/c1-34(59)66-32-47-51(68-35(2)60)53(70-37(4)62)52(69-36(3)61)50(71-47)41-22-20-39(21-23-41)42-26-29-45(46(30-42)67-31-38-16-12-10-13-17-38)49-54(55(63)58(49)44-18-14-11-15-19-44)73(64,65)33-48(40-24-27-43(57)28-25-40)72-74(8,9)56(5,6)7/h10-30,47-54H,31-33H2,1-9H3/t47-,48+,49-,50?,51-,52+,53+,54-/m1/s1. The van der Waals surface area contributed by atoms with Gasteiger partial charge in [-0.15, -0.1) is 0 Å². The second kappa shape index (κ2) is 22.8. The molecule has 2 heterocycles. The van der Waals surface area contributed by atoms with Gasteiger partial charge >= 0.3 is 23.9 Å². The Balaban J connectivity index is 1.29. The Morgan fingerprint density at radius 2 is 1.28 bits per heavy atom. The number of benzene rings is 5. The van der Waals surface area contributed by atoms with Crippen LogP contribution in [0.3, 0.4) is 0 Å². The highest BCUT2D eigenvalue weighted by molar-refractivity contribution is 7.93. The molecular weight excluding hydrogens is 990 g/mol. The van der Waals surface area contributed by atoms with Crippen LogP contribution in [-0.2, 0) is 68.5 Å². The van der Waals surface area contributed by atoms with Gasteiger partial charge in [-0.25, -0.2) is 12.8 Å². The monoisotopic (exact) mass is 1050 g/mol. The molecule has 0 radical (unpaired) electrons. The summed E-state index contributed by atoms with van der Waals surface area (Å²) in [6.07, 6.45) is -7.29. The minimum Gasteiger partial charge on any atom is -0.489 e. The van der Waals surface area contributed by atoms with Crippen molar-refractivity contribution in [3.05, 3.63) is 155 Å². The van der Waals surface area contributed by atoms with E-state index in [4.69, 9.17) is 32.8 Å². The molecule has 1 unspecified atom stereocenters. The number of esters is 4. The Morgan fingerprint density at radius 3 is 1.86 bits per heavy atom. The molecule has 392 valence electrons. The van der Waals surface area contributed by atoms with Crippen molar-refractivity contribution >= 4 is 53.6 Å². The van der Waals surface area contributed by atoms with Crippen molar-refractivity contribution in [2.45, 2.75) is 121 Å². The highest BCUT2D eigenvalue weighted by Crippen LogP contribution is 2.49. The van der Waals surface area contributed by atoms with Crippen molar-refractivity contribution in [3.8, 4) is 16.9 Å². The SMILES string of the molecule is CC(=O)OC[C@H]1OC(c2ccc(-c3ccc([C@@H]4[C@@H](S(=O)(=O)C[C@H](O[Si](C)(C)C(C)(C)C)c5ccc(F)cc5)C(=O)N4c4ccccc4)c(OCc4ccccc4)c3)cc2)[C@H](OC(C)=O)[C@@H](OC(C)=O)[C@@H]1OC(C)=O. The lowest BCUT2D eigenvalue weighted by Crippen LogP contribution is -2.63. The summed E-state index contributed by atoms with van der Waals surface area (Å²) in [5.74, 6) is -4.23. The molecule has 0 aromatic heterocycles. The number of amides is 1. The molecule has 5 aromatic carbocycles. The van der Waals surface area contributed by atoms with Crippen molar-refractivity contribution < 1.29 is 69.6 Å². The molecule has 0 N–H and O–H groups in total. The van der Waals surface area contributed by atoms with Gasteiger partial charge in [0.25, 0.3) is 0 Å². The van der Waals surface area contributed by atoms with Crippen molar-refractivity contribution in [3.63, 3.8) is 0 Å². The van der Waals surface area contributed by atoms with Crippen LogP contribution in [0.2, 0.25) is 18.1 Å². The molecule has 2 saturated heterocycles. The van der Waals surface area contributed by atoms with Crippen LogP contribution in [0.4, 0.5) is 10.1 Å². The summed E-state index contributed by atoms with van der Waals surface area (Å²) in [5.41, 5.74) is 3.97. The van der Waals surface area contributed by atoms with Crippen LogP contribution in [-0.4, -0.2) is 88.5 Å². The van der Waals surface area contributed by atoms with Gasteiger partial charge in [0.15, 0.2) is 41.7 Å². The molecule has 15 nitrogen and oxygen atoms in total. The van der Waals surface area contributed by atoms with E-state index in [9.17, 15) is 28.4 Å². The fourth-order valence-corrected chi connectivity index (χ4v) is 12.3. The second-order valence-corrected chi connectivity index (χ2v) is 26.8. The smallest absolute Gasteiger partial charge is 0.303 e. The van der Waals surface area contributed by atoms with Crippen LogP contribution < -0.4 is 9.64 Å². The van der Waals surface area contributed by atoms with Crippen LogP contribution in [0, 0.1) is 5.82 Å². The normalized spacial score (nSPS) is 21.4. The summed E-state index contributed by atoms with van der Waals surface area (Å²) in [6.45, 7) is 14.5. The third-order valence-electron chi connectivity index (χ3n) is 13.5. The average Bonchev–Trinajstić information content (AvgIpc) is 3.33. The van der Waals surface area contributed by atoms with Gasteiger partial charge < -0.3 is 37.7 Å². The van der Waals surface area contributed by atoms with E-state index in [0.29, 0.717) is 39.3 Å². The minimum absolute atomic E-state index is 0.0928. The lowest BCUT2D eigenvalue weighted by Gasteiger charge is -2.47. The zero-order chi connectivity index (χ0) is 53.7. The Morgan fingerprint density at radius 1 is 0.716 bits per heavy atom. The lowest BCUT2D eigenvalue weighted by molar-refractivity contribution is -0.254. The first-order chi connectivity index (χ1) is 34.9. The zero-order valence-electron chi connectivity index (χ0n) is 42.8. The summed E-state index contributed by atoms with van der Waals surface area (Å²) in [7, 11) is -7.00. The van der Waals surface area contributed by atoms with E-state index in [1.807, 2.05) is 64.2 Å². The molecule has 74 heavy (non-hydrogen) atoms. The Kier molecular flexibility index (Phi) is 17.0. The topological polar surface area (TPSA) is 187 Å². The van der Waals surface area contributed by atoms with Crippen molar-refractivity contribution in [2.75, 3.05) is 17.3 Å². The molecular formula is C56H62FNO14SSi. The average molecular weight is 1050 g/mol. The minimum atomic E-state index is -4.36. The number of anilines is 1. The van der Waals surface area contributed by atoms with Crippen LogP contribution in [0.15, 0.2) is 127 Å². The van der Waals surface area contributed by atoms with Gasteiger partial charge in [-0.05, 0) is 76.3 Å². The number of hydrogen-bond donors (Lipinski definition) is 0. The molecule has 1 amide bonds. The number of nitrogens with zero attached hydrogens (tertiary/aromatic N) is 1. The summed E-state index contributed by atoms with van der Waals surface area (Å²) in [5, 5.41) is -1.86. The maximum Gasteiger partial charge on any atom is 0.303 e. The largest absolute Gasteiger partial charge is 0.489 e. The number of halogens is 1. The first-order valence-electron chi connectivity index (χ1n) is 24.2. The molecule has 7 rings (SSSR count). The molecule has 0 saturated carbocycles. The van der Waals surface area contributed by atoms with E-state index in [1.165, 1.54) is 43.0 Å². The quantitative estimate of drug-likeness (QED) is 0.0349. The molecule has 8 atom stereocenters. The number of carbonyl (C=O) groups excluding carboxylic acids is 5. The maximum absolute atomic E-state index is 15.1. The molecule has 18 heteroatoms. The first kappa shape index (κ1) is 55.0. The number of hydrogen-bond acceptors (Lipinski definition) is 14. The highest BCUT2D eigenvalue weighted by atomic mass is 32.2. The maximum atomic E-state index is 15.1. The fourth-order valence-electron chi connectivity index (χ4n) is 8.89. The molecule has 2 aliphatic rings. The van der Waals surface area contributed by atoms with E-state index >= 15 is 8.42 Å². The van der Waals surface area contributed by atoms with Gasteiger partial charge in [0.1, 0.15) is 37.0 Å². The van der Waals surface area contributed by atoms with E-state index < -0.39 is 107 Å². The van der Waals surface area contributed by atoms with Crippen LogP contribution >= 0.6 is 0 Å². The molecule has 0 spiro atoms. The Hall–Kier alpha value is -6.73. The van der Waals surface area contributed by atoms with Crippen LogP contribution in [0.5, 0.6) is 5.75 Å². The molecule has 0 bridgehead atoms. The highest BCUT2D eigenvalue weighted by Gasteiger charge is 2.58. The summed E-state index contributed by atoms with van der Waals surface area (Å²) >= 11 is 0. The van der Waals surface area contributed by atoms with Gasteiger partial charge in [-0.2, -0.15) is 0 Å². The lowest BCUT2D eigenvalue weighted by atomic mass is 9.88. The Labute approximate surface area is 432 Å². The van der Waals surface area contributed by atoms with E-state index in [2.05, 4.69) is 0 Å². The number of carbonyl (C=O) groups is 5. The molecule has 0 aliphatic carbocycles. The number of para-hydroxylation sites is 1. The number of sulfone groups is 1. The van der Waals surface area contributed by atoms with Gasteiger partial charge in [-0.1, -0.05) is 118 Å².